The van der Waals surface area contributed by atoms with E-state index in [0.717, 1.165) is 0 Å². The first kappa shape index (κ1) is 21.5. The summed E-state index contributed by atoms with van der Waals surface area (Å²) in [6, 6.07) is 9.51. The van der Waals surface area contributed by atoms with E-state index in [-0.39, 0.29) is 24.3 Å². The van der Waals surface area contributed by atoms with Crippen LogP contribution in [0.3, 0.4) is 0 Å². The first-order valence-corrected chi connectivity index (χ1v) is 8.85. The van der Waals surface area contributed by atoms with E-state index in [1.54, 1.807) is 18.2 Å². The van der Waals surface area contributed by atoms with E-state index in [9.17, 15) is 14.7 Å². The number of methoxy groups -OCH3 is 3. The molecule has 0 aliphatic carbocycles. The minimum absolute atomic E-state index is 0.0368. The first-order chi connectivity index (χ1) is 13.4. The lowest BCUT2D eigenvalue weighted by Gasteiger charge is -2.16. The van der Waals surface area contributed by atoms with Crippen LogP contribution in [0.1, 0.15) is 34.9 Å². The zero-order valence-electron chi connectivity index (χ0n) is 15.8. The summed E-state index contributed by atoms with van der Waals surface area (Å²) in [6.45, 7) is 0. The van der Waals surface area contributed by atoms with E-state index in [4.69, 9.17) is 21.1 Å². The maximum absolute atomic E-state index is 12.3. The van der Waals surface area contributed by atoms with Crippen LogP contribution in [0.15, 0.2) is 36.4 Å². The number of halogens is 1. The van der Waals surface area contributed by atoms with Crippen molar-refractivity contribution in [2.24, 2.45) is 0 Å². The van der Waals surface area contributed by atoms with Crippen LogP contribution in [-0.2, 0) is 9.53 Å². The van der Waals surface area contributed by atoms with Crippen molar-refractivity contribution in [1.29, 1.82) is 0 Å². The highest BCUT2D eigenvalue weighted by atomic mass is 35.5. The Hall–Kier alpha value is -2.77. The van der Waals surface area contributed by atoms with Gasteiger partial charge in [0, 0.05) is 18.1 Å². The number of amides is 1. The van der Waals surface area contributed by atoms with Crippen molar-refractivity contribution in [3.05, 3.63) is 52.5 Å². The van der Waals surface area contributed by atoms with Crippen molar-refractivity contribution in [2.45, 2.75) is 18.9 Å². The highest BCUT2D eigenvalue weighted by Crippen LogP contribution is 2.32. The first-order valence-electron chi connectivity index (χ1n) is 8.47. The average molecular weight is 408 g/mol. The largest absolute Gasteiger partial charge is 0.497 e. The van der Waals surface area contributed by atoms with E-state index in [0.29, 0.717) is 27.8 Å². The molecule has 0 heterocycles. The zero-order valence-corrected chi connectivity index (χ0v) is 16.6. The van der Waals surface area contributed by atoms with Crippen molar-refractivity contribution < 1.29 is 28.9 Å². The number of ether oxygens (including phenoxy) is 3. The van der Waals surface area contributed by atoms with E-state index < -0.39 is 12.1 Å². The van der Waals surface area contributed by atoms with Gasteiger partial charge in [0.1, 0.15) is 11.5 Å². The van der Waals surface area contributed by atoms with Gasteiger partial charge in [0.05, 0.1) is 43.7 Å². The fraction of sp³-hybridized carbons (Fsp3) is 0.300. The number of aliphatic hydroxyl groups excluding tert-OH is 1. The van der Waals surface area contributed by atoms with Gasteiger partial charge < -0.3 is 24.6 Å². The van der Waals surface area contributed by atoms with Crippen LogP contribution in [0.2, 0.25) is 5.02 Å². The Morgan fingerprint density at radius 1 is 1.11 bits per heavy atom. The molecule has 0 aliphatic heterocycles. The molecular weight excluding hydrogens is 386 g/mol. The summed E-state index contributed by atoms with van der Waals surface area (Å²) in [7, 11) is 4.30. The van der Waals surface area contributed by atoms with Crippen LogP contribution in [0.5, 0.6) is 11.5 Å². The Labute approximate surface area is 168 Å². The smallest absolute Gasteiger partial charge is 0.337 e. The molecule has 8 heteroatoms. The van der Waals surface area contributed by atoms with Crippen molar-refractivity contribution in [3.63, 3.8) is 0 Å². The van der Waals surface area contributed by atoms with Crippen molar-refractivity contribution in [1.82, 2.24) is 0 Å². The number of anilines is 1. The van der Waals surface area contributed by atoms with Gasteiger partial charge in [-0.25, -0.2) is 4.79 Å². The molecule has 7 nitrogen and oxygen atoms in total. The van der Waals surface area contributed by atoms with Crippen LogP contribution in [0, 0.1) is 0 Å². The second-order valence-corrected chi connectivity index (χ2v) is 6.30. The molecule has 2 N–H and O–H groups in total. The fourth-order valence-electron chi connectivity index (χ4n) is 2.60. The fourth-order valence-corrected chi connectivity index (χ4v) is 2.76. The molecule has 0 fully saturated rings. The van der Waals surface area contributed by atoms with Crippen LogP contribution in [0.4, 0.5) is 5.69 Å². The number of hydrogen-bond donors (Lipinski definition) is 2. The lowest BCUT2D eigenvalue weighted by atomic mass is 10.0. The van der Waals surface area contributed by atoms with Crippen LogP contribution >= 0.6 is 11.6 Å². The summed E-state index contributed by atoms with van der Waals surface area (Å²) < 4.78 is 15.1. The van der Waals surface area contributed by atoms with Gasteiger partial charge in [-0.3, -0.25) is 4.79 Å². The Morgan fingerprint density at radius 3 is 2.50 bits per heavy atom. The monoisotopic (exact) mass is 407 g/mol. The van der Waals surface area contributed by atoms with Crippen molar-refractivity contribution in [2.75, 3.05) is 26.6 Å². The van der Waals surface area contributed by atoms with Gasteiger partial charge in [-0.2, -0.15) is 0 Å². The topological polar surface area (TPSA) is 94.1 Å². The molecule has 0 aromatic heterocycles. The van der Waals surface area contributed by atoms with Gasteiger partial charge in [-0.1, -0.05) is 11.6 Å². The summed E-state index contributed by atoms with van der Waals surface area (Å²) in [5, 5.41) is 13.4. The van der Waals surface area contributed by atoms with Crippen LogP contribution in [-0.4, -0.2) is 38.3 Å². The minimum atomic E-state index is -0.900. The predicted octanol–water partition coefficient (Wildman–Crippen LogP) is 3.60. The summed E-state index contributed by atoms with van der Waals surface area (Å²) >= 11 is 6.07. The Morgan fingerprint density at radius 2 is 1.86 bits per heavy atom. The Bertz CT molecular complexity index is 855. The number of aliphatic hydroxyl groups is 1. The number of esters is 1. The third-order valence-corrected chi connectivity index (χ3v) is 4.44. The molecule has 150 valence electrons. The zero-order chi connectivity index (χ0) is 20.7. The van der Waals surface area contributed by atoms with Crippen LogP contribution < -0.4 is 14.8 Å². The van der Waals surface area contributed by atoms with E-state index >= 15 is 0 Å². The molecule has 1 atom stereocenters. The molecule has 28 heavy (non-hydrogen) atoms. The minimum Gasteiger partial charge on any atom is -0.497 e. The Kier molecular flexibility index (Phi) is 7.66. The summed E-state index contributed by atoms with van der Waals surface area (Å²) in [5.74, 6) is 0.191. The third kappa shape index (κ3) is 5.37. The lowest BCUT2D eigenvalue weighted by molar-refractivity contribution is -0.116. The quantitative estimate of drug-likeness (QED) is 0.649. The van der Waals surface area contributed by atoms with Gasteiger partial charge in [-0.05, 0) is 36.8 Å². The molecule has 0 aliphatic rings. The molecule has 0 radical (unpaired) electrons. The highest BCUT2D eigenvalue weighted by Gasteiger charge is 2.17. The second-order valence-electron chi connectivity index (χ2n) is 5.90. The summed E-state index contributed by atoms with van der Waals surface area (Å²) in [5.41, 5.74) is 1.12. The number of carbonyl (C=O) groups excluding carboxylic acids is 2. The summed E-state index contributed by atoms with van der Waals surface area (Å²) in [6.07, 6.45) is -0.693. The molecule has 1 amide bonds. The Balaban J connectivity index is 2.02. The molecule has 0 bridgehead atoms. The van der Waals surface area contributed by atoms with Crippen molar-refractivity contribution >= 4 is 29.2 Å². The molecule has 2 rings (SSSR count). The molecule has 1 unspecified atom stereocenters. The van der Waals surface area contributed by atoms with Gasteiger partial charge in [-0.15, -0.1) is 0 Å². The number of rotatable bonds is 8. The highest BCUT2D eigenvalue weighted by molar-refractivity contribution is 6.33. The number of benzene rings is 2. The van der Waals surface area contributed by atoms with E-state index in [1.165, 1.54) is 39.5 Å². The maximum Gasteiger partial charge on any atom is 0.337 e. The standard InChI is InChI=1S/C20H22ClNO6/c1-26-13-5-6-14(18(11-13)27-2)17(23)8-9-19(24)22-16-10-12(20(25)28-3)4-7-15(16)21/h4-7,10-11,17,23H,8-9H2,1-3H3,(H,22,24). The second kappa shape index (κ2) is 9.96. The summed E-state index contributed by atoms with van der Waals surface area (Å²) in [4.78, 5) is 23.9. The average Bonchev–Trinajstić information content (AvgIpc) is 2.72. The molecule has 0 spiro atoms. The van der Waals surface area contributed by atoms with E-state index in [2.05, 4.69) is 10.1 Å². The van der Waals surface area contributed by atoms with Gasteiger partial charge in [0.2, 0.25) is 5.91 Å². The SMILES string of the molecule is COC(=O)c1ccc(Cl)c(NC(=O)CCC(O)c2ccc(OC)cc2OC)c1. The maximum atomic E-state index is 12.3. The number of nitrogens with one attached hydrogen (secondary N) is 1. The van der Waals surface area contributed by atoms with Gasteiger partial charge in [0.15, 0.2) is 0 Å². The van der Waals surface area contributed by atoms with Crippen LogP contribution in [0.25, 0.3) is 0 Å². The lowest BCUT2D eigenvalue weighted by Crippen LogP contribution is -2.14. The predicted molar refractivity (Wildman–Crippen MR) is 105 cm³/mol. The van der Waals surface area contributed by atoms with Gasteiger partial charge >= 0.3 is 5.97 Å². The molecule has 2 aromatic rings. The third-order valence-electron chi connectivity index (χ3n) is 4.11. The normalized spacial score (nSPS) is 11.5. The number of carbonyl (C=O) groups is 2. The van der Waals surface area contributed by atoms with Gasteiger partial charge in [0.25, 0.3) is 0 Å². The van der Waals surface area contributed by atoms with Crippen molar-refractivity contribution in [3.8, 4) is 11.5 Å². The molecule has 0 saturated carbocycles. The van der Waals surface area contributed by atoms with E-state index in [1.807, 2.05) is 0 Å². The molecule has 2 aromatic carbocycles. The molecular formula is C20H22ClNO6. The molecule has 0 saturated heterocycles. The number of hydrogen-bond acceptors (Lipinski definition) is 6.